The lowest BCUT2D eigenvalue weighted by Gasteiger charge is -2.44. The largest absolute Gasteiger partial charge is 0.495 e. The van der Waals surface area contributed by atoms with E-state index in [0.717, 1.165) is 35.6 Å². The zero-order valence-electron chi connectivity index (χ0n) is 17.4. The number of carbonyl (C=O) groups excluding carboxylic acids is 2. The molecule has 4 heterocycles. The van der Waals surface area contributed by atoms with Crippen LogP contribution < -0.4 is 10.1 Å². The molecule has 160 valence electrons. The van der Waals surface area contributed by atoms with Crippen LogP contribution >= 0.6 is 11.3 Å². The van der Waals surface area contributed by atoms with Crippen molar-refractivity contribution in [3.63, 3.8) is 0 Å². The Morgan fingerprint density at radius 3 is 2.80 bits per heavy atom. The van der Waals surface area contributed by atoms with Crippen molar-refractivity contribution in [3.05, 3.63) is 34.8 Å². The molecule has 2 aliphatic rings. The number of hydrogen-bond acceptors (Lipinski definition) is 6. The molecule has 1 N–H and O–H groups in total. The normalized spacial score (nSPS) is 17.5. The molecular weight excluding hydrogens is 402 g/mol. The van der Waals surface area contributed by atoms with Crippen molar-refractivity contribution in [2.24, 2.45) is 0 Å². The zero-order valence-corrected chi connectivity index (χ0v) is 18.2. The molecule has 1 fully saturated rings. The maximum absolute atomic E-state index is 12.5. The fourth-order valence-electron chi connectivity index (χ4n) is 4.22. The number of amides is 2. The molecule has 2 aromatic rings. The Morgan fingerprint density at radius 1 is 1.33 bits per heavy atom. The topological polar surface area (TPSA) is 80.8 Å². The van der Waals surface area contributed by atoms with Crippen LogP contribution in [0, 0.1) is 0 Å². The maximum Gasteiger partial charge on any atom is 0.224 e. The Hall–Kier alpha value is -2.45. The van der Waals surface area contributed by atoms with Gasteiger partial charge in [-0.3, -0.25) is 14.6 Å². The minimum Gasteiger partial charge on any atom is -0.495 e. The van der Waals surface area contributed by atoms with Crippen LogP contribution in [-0.4, -0.2) is 55.0 Å². The summed E-state index contributed by atoms with van der Waals surface area (Å²) in [6.07, 6.45) is 4.57. The number of rotatable bonds is 5. The highest BCUT2D eigenvalue weighted by atomic mass is 32.1. The highest BCUT2D eigenvalue weighted by Crippen LogP contribution is 2.46. The molecular formula is C22H27N3O4S. The number of nitrogens with one attached hydrogen (secondary N) is 1. The van der Waals surface area contributed by atoms with Crippen molar-refractivity contribution >= 4 is 23.2 Å². The number of fused-ring (bicyclic) bond motifs is 2. The third kappa shape index (κ3) is 4.20. The number of carbonyl (C=O) groups is 2. The summed E-state index contributed by atoms with van der Waals surface area (Å²) in [6.45, 7) is 3.90. The lowest BCUT2D eigenvalue weighted by molar-refractivity contribution is -0.140. The van der Waals surface area contributed by atoms with Gasteiger partial charge in [-0.15, -0.1) is 11.3 Å². The van der Waals surface area contributed by atoms with Gasteiger partial charge < -0.3 is 19.7 Å². The predicted octanol–water partition coefficient (Wildman–Crippen LogP) is 2.74. The summed E-state index contributed by atoms with van der Waals surface area (Å²) in [5, 5.41) is 2.69. The highest BCUT2D eigenvalue weighted by molar-refractivity contribution is 7.15. The third-order valence-electron chi connectivity index (χ3n) is 5.87. The fraction of sp³-hybridized carbons (Fsp3) is 0.500. The molecule has 0 aromatic carbocycles. The number of thiophene rings is 1. The van der Waals surface area contributed by atoms with Gasteiger partial charge >= 0.3 is 0 Å². The molecule has 1 saturated heterocycles. The first-order valence-electron chi connectivity index (χ1n) is 10.3. The van der Waals surface area contributed by atoms with Gasteiger partial charge in [0, 0.05) is 44.3 Å². The highest BCUT2D eigenvalue weighted by Gasteiger charge is 2.42. The number of methoxy groups -OCH3 is 1. The number of ether oxygens (including phenoxy) is 2. The number of piperidine rings is 1. The van der Waals surface area contributed by atoms with E-state index in [0.29, 0.717) is 32.7 Å². The van der Waals surface area contributed by atoms with Gasteiger partial charge in [0.25, 0.3) is 0 Å². The summed E-state index contributed by atoms with van der Waals surface area (Å²) in [5.41, 5.74) is 1.89. The average Bonchev–Trinajstić information content (AvgIpc) is 3.20. The number of aromatic nitrogens is 1. The van der Waals surface area contributed by atoms with Gasteiger partial charge in [-0.25, -0.2) is 0 Å². The monoisotopic (exact) mass is 429 g/mol. The first kappa shape index (κ1) is 20.8. The van der Waals surface area contributed by atoms with E-state index in [2.05, 4.69) is 16.4 Å². The standard InChI is InChI=1S/C22H27N3O4S/c1-15(26)23-9-5-21(27)25-10-7-22(8-11-25)17-13-20(30-19(17)6-12-29-22)18-4-3-16(28-2)14-24-18/h3-4,13-14H,5-12H2,1-2H3,(H,23,26). The summed E-state index contributed by atoms with van der Waals surface area (Å²) in [4.78, 5) is 32.4. The van der Waals surface area contributed by atoms with Crippen LogP contribution in [0.5, 0.6) is 5.75 Å². The van der Waals surface area contributed by atoms with Crippen molar-refractivity contribution in [2.75, 3.05) is 33.4 Å². The van der Waals surface area contributed by atoms with Crippen LogP contribution in [-0.2, 0) is 26.3 Å². The SMILES string of the molecule is COc1ccc(-c2cc3c(s2)CCOC32CCN(C(=O)CCNC(C)=O)CC2)nc1. The van der Waals surface area contributed by atoms with Crippen molar-refractivity contribution in [3.8, 4) is 16.3 Å². The van der Waals surface area contributed by atoms with E-state index in [1.807, 2.05) is 17.0 Å². The summed E-state index contributed by atoms with van der Waals surface area (Å²) < 4.78 is 11.5. The van der Waals surface area contributed by atoms with Crippen molar-refractivity contribution in [1.82, 2.24) is 15.2 Å². The molecule has 7 nitrogen and oxygen atoms in total. The molecule has 0 aliphatic carbocycles. The van der Waals surface area contributed by atoms with Crippen LogP contribution in [0.3, 0.4) is 0 Å². The number of likely N-dealkylation sites (tertiary alicyclic amines) is 1. The van der Waals surface area contributed by atoms with E-state index in [4.69, 9.17) is 9.47 Å². The molecule has 2 aliphatic heterocycles. The molecule has 30 heavy (non-hydrogen) atoms. The molecule has 2 aromatic heterocycles. The Labute approximate surface area is 180 Å². The smallest absolute Gasteiger partial charge is 0.224 e. The van der Waals surface area contributed by atoms with Crippen molar-refractivity contribution < 1.29 is 19.1 Å². The second-order valence-electron chi connectivity index (χ2n) is 7.74. The second-order valence-corrected chi connectivity index (χ2v) is 8.87. The Bertz CT molecular complexity index is 917. The predicted molar refractivity (Wildman–Crippen MR) is 115 cm³/mol. The lowest BCUT2D eigenvalue weighted by atomic mass is 9.82. The molecule has 0 radical (unpaired) electrons. The van der Waals surface area contributed by atoms with E-state index in [-0.39, 0.29) is 17.4 Å². The number of nitrogens with zero attached hydrogens (tertiary/aromatic N) is 2. The Morgan fingerprint density at radius 2 is 2.13 bits per heavy atom. The minimum absolute atomic E-state index is 0.0862. The van der Waals surface area contributed by atoms with Crippen LogP contribution in [0.4, 0.5) is 0 Å². The van der Waals surface area contributed by atoms with Crippen molar-refractivity contribution in [1.29, 1.82) is 0 Å². The first-order valence-corrected chi connectivity index (χ1v) is 11.1. The summed E-state index contributed by atoms with van der Waals surface area (Å²) in [5.74, 6) is 0.724. The van der Waals surface area contributed by atoms with Gasteiger partial charge in [0.2, 0.25) is 11.8 Å². The molecule has 4 rings (SSSR count). The van der Waals surface area contributed by atoms with Gasteiger partial charge in [0.1, 0.15) is 5.75 Å². The quantitative estimate of drug-likeness (QED) is 0.791. The van der Waals surface area contributed by atoms with E-state index in [1.165, 1.54) is 17.4 Å². The Kier molecular flexibility index (Phi) is 6.06. The molecule has 1 spiro atoms. The van der Waals surface area contributed by atoms with Crippen LogP contribution in [0.1, 0.15) is 36.6 Å². The van der Waals surface area contributed by atoms with E-state index in [9.17, 15) is 9.59 Å². The average molecular weight is 430 g/mol. The molecule has 8 heteroatoms. The van der Waals surface area contributed by atoms with E-state index < -0.39 is 0 Å². The van der Waals surface area contributed by atoms with E-state index >= 15 is 0 Å². The molecule has 0 unspecified atom stereocenters. The number of hydrogen-bond donors (Lipinski definition) is 1. The third-order valence-corrected chi connectivity index (χ3v) is 7.09. The van der Waals surface area contributed by atoms with Crippen molar-refractivity contribution in [2.45, 2.75) is 38.2 Å². The summed E-state index contributed by atoms with van der Waals surface area (Å²) in [6, 6.07) is 6.14. The van der Waals surface area contributed by atoms with Gasteiger partial charge in [-0.05, 0) is 36.6 Å². The molecule has 0 saturated carbocycles. The summed E-state index contributed by atoms with van der Waals surface area (Å²) in [7, 11) is 1.64. The second kappa shape index (κ2) is 8.73. The fourth-order valence-corrected chi connectivity index (χ4v) is 5.43. The van der Waals surface area contributed by atoms with E-state index in [1.54, 1.807) is 24.6 Å². The molecule has 0 bridgehead atoms. The maximum atomic E-state index is 12.5. The first-order chi connectivity index (χ1) is 14.5. The number of pyridine rings is 1. The Balaban J connectivity index is 1.46. The minimum atomic E-state index is -0.316. The van der Waals surface area contributed by atoms with Crippen LogP contribution in [0.25, 0.3) is 10.6 Å². The van der Waals surface area contributed by atoms with Crippen LogP contribution in [0.15, 0.2) is 24.4 Å². The molecule has 0 atom stereocenters. The van der Waals surface area contributed by atoms with Gasteiger partial charge in [0.05, 0.1) is 36.1 Å². The molecule has 2 amide bonds. The zero-order chi connectivity index (χ0) is 21.1. The van der Waals surface area contributed by atoms with Crippen LogP contribution in [0.2, 0.25) is 0 Å². The summed E-state index contributed by atoms with van der Waals surface area (Å²) >= 11 is 1.79. The van der Waals surface area contributed by atoms with Gasteiger partial charge in [-0.1, -0.05) is 0 Å². The van der Waals surface area contributed by atoms with Gasteiger partial charge in [-0.2, -0.15) is 0 Å². The lowest BCUT2D eigenvalue weighted by Crippen LogP contribution is -2.48. The van der Waals surface area contributed by atoms with Gasteiger partial charge in [0.15, 0.2) is 0 Å².